The Hall–Kier alpha value is -1.90. The molecule has 1 aromatic rings. The minimum absolute atomic E-state index is 0.189. The van der Waals surface area contributed by atoms with Crippen molar-refractivity contribution in [3.8, 4) is 6.07 Å². The third-order valence-electron chi connectivity index (χ3n) is 1.52. The lowest BCUT2D eigenvalue weighted by Gasteiger charge is -2.05. The van der Waals surface area contributed by atoms with E-state index < -0.39 is 6.04 Å². The van der Waals surface area contributed by atoms with E-state index in [0.717, 1.165) is 0 Å². The predicted octanol–water partition coefficient (Wildman–Crippen LogP) is -0.163. The van der Waals surface area contributed by atoms with E-state index in [4.69, 9.17) is 5.26 Å². The Bertz CT molecular complexity index is 312. The molecule has 0 bridgehead atoms. The molecule has 1 amide bonds. The smallest absolute Gasteiger partial charge is 0.274 e. The zero-order valence-corrected chi connectivity index (χ0v) is 7.11. The maximum absolute atomic E-state index is 11.2. The standard InChI is InChI=1S/C7H9N5O/c1-2-5(3-8)10-7(13)6-4-9-12-11-6/h4-5H,2H2,1H3,(H,10,13)(H,9,11,12). The monoisotopic (exact) mass is 179 g/mol. The molecule has 1 heterocycles. The van der Waals surface area contributed by atoms with Crippen LogP contribution in [-0.4, -0.2) is 27.4 Å². The summed E-state index contributed by atoms with van der Waals surface area (Å²) < 4.78 is 0. The molecule has 2 N–H and O–H groups in total. The van der Waals surface area contributed by atoms with E-state index in [1.165, 1.54) is 6.20 Å². The Labute approximate surface area is 74.9 Å². The van der Waals surface area contributed by atoms with Crippen LogP contribution in [0.5, 0.6) is 0 Å². The largest absolute Gasteiger partial charge is 0.335 e. The van der Waals surface area contributed by atoms with Crippen LogP contribution in [0.1, 0.15) is 23.8 Å². The predicted molar refractivity (Wildman–Crippen MR) is 43.5 cm³/mol. The van der Waals surface area contributed by atoms with E-state index in [9.17, 15) is 4.79 Å². The lowest BCUT2D eigenvalue weighted by atomic mass is 10.2. The summed E-state index contributed by atoms with van der Waals surface area (Å²) in [6.07, 6.45) is 1.87. The molecule has 68 valence electrons. The van der Waals surface area contributed by atoms with Crippen LogP contribution in [0.15, 0.2) is 6.20 Å². The third-order valence-corrected chi connectivity index (χ3v) is 1.52. The van der Waals surface area contributed by atoms with Crippen LogP contribution in [0.3, 0.4) is 0 Å². The Balaban J connectivity index is 2.57. The van der Waals surface area contributed by atoms with Crippen molar-refractivity contribution in [2.75, 3.05) is 0 Å². The lowest BCUT2D eigenvalue weighted by Crippen LogP contribution is -2.33. The molecule has 0 aliphatic carbocycles. The molecule has 1 aromatic heterocycles. The molecule has 13 heavy (non-hydrogen) atoms. The van der Waals surface area contributed by atoms with Gasteiger partial charge in [-0.25, -0.2) is 0 Å². The SMILES string of the molecule is CCC(C#N)NC(=O)c1cn[nH]n1. The highest BCUT2D eigenvalue weighted by Gasteiger charge is 2.12. The molecule has 1 unspecified atom stereocenters. The number of hydrogen-bond donors (Lipinski definition) is 2. The van der Waals surface area contributed by atoms with Crippen LogP contribution in [0.2, 0.25) is 0 Å². The van der Waals surface area contributed by atoms with E-state index in [1.54, 1.807) is 0 Å². The van der Waals surface area contributed by atoms with Crippen molar-refractivity contribution >= 4 is 5.91 Å². The quantitative estimate of drug-likeness (QED) is 0.673. The average molecular weight is 179 g/mol. The first kappa shape index (κ1) is 9.19. The molecule has 1 atom stereocenters. The highest BCUT2D eigenvalue weighted by molar-refractivity contribution is 5.92. The number of aromatic amines is 1. The van der Waals surface area contributed by atoms with Crippen molar-refractivity contribution in [2.24, 2.45) is 0 Å². The summed E-state index contributed by atoms with van der Waals surface area (Å²) in [7, 11) is 0. The molecule has 6 heteroatoms. The van der Waals surface area contributed by atoms with Gasteiger partial charge in [-0.05, 0) is 6.42 Å². The van der Waals surface area contributed by atoms with Gasteiger partial charge in [-0.2, -0.15) is 20.7 Å². The fourth-order valence-electron chi connectivity index (χ4n) is 0.769. The first-order valence-electron chi connectivity index (χ1n) is 3.84. The van der Waals surface area contributed by atoms with E-state index >= 15 is 0 Å². The number of H-pyrrole nitrogens is 1. The number of nitrogens with zero attached hydrogens (tertiary/aromatic N) is 3. The minimum atomic E-state index is -0.468. The zero-order chi connectivity index (χ0) is 9.68. The molecule has 6 nitrogen and oxygen atoms in total. The molecular formula is C7H9N5O. The molecule has 0 aromatic carbocycles. The lowest BCUT2D eigenvalue weighted by molar-refractivity contribution is 0.0939. The van der Waals surface area contributed by atoms with Crippen molar-refractivity contribution in [1.29, 1.82) is 5.26 Å². The van der Waals surface area contributed by atoms with Gasteiger partial charge in [-0.3, -0.25) is 4.79 Å². The van der Waals surface area contributed by atoms with E-state index in [-0.39, 0.29) is 11.6 Å². The molecule has 0 spiro atoms. The summed E-state index contributed by atoms with van der Waals surface area (Å²) in [6.45, 7) is 1.82. The molecule has 1 rings (SSSR count). The van der Waals surface area contributed by atoms with Gasteiger partial charge in [-0.1, -0.05) is 6.92 Å². The van der Waals surface area contributed by atoms with Gasteiger partial charge in [0.2, 0.25) is 0 Å². The number of carbonyl (C=O) groups excluding carboxylic acids is 1. The Morgan fingerprint density at radius 1 is 1.92 bits per heavy atom. The zero-order valence-electron chi connectivity index (χ0n) is 7.11. The number of nitrogens with one attached hydrogen (secondary N) is 2. The van der Waals surface area contributed by atoms with Crippen LogP contribution in [-0.2, 0) is 0 Å². The first-order valence-corrected chi connectivity index (χ1v) is 3.84. The summed E-state index contributed by atoms with van der Waals surface area (Å²) in [4.78, 5) is 11.2. The van der Waals surface area contributed by atoms with Gasteiger partial charge in [0, 0.05) is 0 Å². The maximum atomic E-state index is 11.2. The van der Waals surface area contributed by atoms with Crippen LogP contribution < -0.4 is 5.32 Å². The normalized spacial score (nSPS) is 11.7. The Kier molecular flexibility index (Phi) is 2.97. The summed E-state index contributed by atoms with van der Waals surface area (Å²) in [5, 5.41) is 20.4. The fraction of sp³-hybridized carbons (Fsp3) is 0.429. The fourth-order valence-corrected chi connectivity index (χ4v) is 0.769. The molecule has 0 fully saturated rings. The number of nitriles is 1. The molecule has 0 aliphatic heterocycles. The summed E-state index contributed by atoms with van der Waals surface area (Å²) >= 11 is 0. The van der Waals surface area contributed by atoms with Gasteiger partial charge in [0.05, 0.1) is 12.3 Å². The molecular weight excluding hydrogens is 170 g/mol. The highest BCUT2D eigenvalue weighted by atomic mass is 16.2. The Morgan fingerprint density at radius 3 is 3.15 bits per heavy atom. The van der Waals surface area contributed by atoms with Crippen molar-refractivity contribution in [3.05, 3.63) is 11.9 Å². The number of rotatable bonds is 3. The van der Waals surface area contributed by atoms with Gasteiger partial charge in [-0.15, -0.1) is 0 Å². The van der Waals surface area contributed by atoms with Gasteiger partial charge >= 0.3 is 0 Å². The first-order chi connectivity index (χ1) is 6.27. The van der Waals surface area contributed by atoms with Crippen molar-refractivity contribution in [1.82, 2.24) is 20.7 Å². The Morgan fingerprint density at radius 2 is 2.69 bits per heavy atom. The number of hydrogen-bond acceptors (Lipinski definition) is 4. The van der Waals surface area contributed by atoms with Crippen LogP contribution in [0, 0.1) is 11.3 Å². The molecule has 0 aliphatic rings. The van der Waals surface area contributed by atoms with E-state index in [2.05, 4.69) is 20.7 Å². The van der Waals surface area contributed by atoms with Crippen molar-refractivity contribution in [2.45, 2.75) is 19.4 Å². The highest BCUT2D eigenvalue weighted by Crippen LogP contribution is 1.93. The third kappa shape index (κ3) is 2.27. The average Bonchev–Trinajstić information content (AvgIpc) is 2.66. The van der Waals surface area contributed by atoms with Crippen molar-refractivity contribution in [3.63, 3.8) is 0 Å². The summed E-state index contributed by atoms with van der Waals surface area (Å²) in [5.41, 5.74) is 0.189. The van der Waals surface area contributed by atoms with E-state index in [0.29, 0.717) is 6.42 Å². The van der Waals surface area contributed by atoms with Gasteiger partial charge < -0.3 is 5.32 Å². The maximum Gasteiger partial charge on any atom is 0.274 e. The van der Waals surface area contributed by atoms with Crippen LogP contribution in [0.4, 0.5) is 0 Å². The van der Waals surface area contributed by atoms with Crippen molar-refractivity contribution < 1.29 is 4.79 Å². The van der Waals surface area contributed by atoms with Gasteiger partial charge in [0.1, 0.15) is 6.04 Å². The second kappa shape index (κ2) is 4.21. The van der Waals surface area contributed by atoms with Crippen LogP contribution >= 0.6 is 0 Å². The van der Waals surface area contributed by atoms with E-state index in [1.807, 2.05) is 13.0 Å². The van der Waals surface area contributed by atoms with Crippen LogP contribution in [0.25, 0.3) is 0 Å². The van der Waals surface area contributed by atoms with Gasteiger partial charge in [0.25, 0.3) is 5.91 Å². The summed E-state index contributed by atoms with van der Waals surface area (Å²) in [6, 6.07) is 1.49. The summed E-state index contributed by atoms with van der Waals surface area (Å²) in [5.74, 6) is -0.387. The number of aromatic nitrogens is 3. The minimum Gasteiger partial charge on any atom is -0.335 e. The molecule has 0 saturated heterocycles. The molecule has 0 saturated carbocycles. The number of amides is 1. The molecule has 0 radical (unpaired) electrons. The second-order valence-electron chi connectivity index (χ2n) is 2.42. The van der Waals surface area contributed by atoms with Gasteiger partial charge in [0.15, 0.2) is 5.69 Å². The topological polar surface area (TPSA) is 94.5 Å². The second-order valence-corrected chi connectivity index (χ2v) is 2.42. The number of carbonyl (C=O) groups is 1.